The fourth-order valence-corrected chi connectivity index (χ4v) is 2.10. The van der Waals surface area contributed by atoms with Crippen molar-refractivity contribution in [3.05, 3.63) is 35.4 Å². The van der Waals surface area contributed by atoms with Crippen LogP contribution < -0.4 is 0 Å². The van der Waals surface area contributed by atoms with Crippen molar-refractivity contribution in [2.24, 2.45) is 5.92 Å². The van der Waals surface area contributed by atoms with E-state index in [1.165, 1.54) is 12.7 Å². The first-order valence-electron chi connectivity index (χ1n) is 6.81. The summed E-state index contributed by atoms with van der Waals surface area (Å²) in [6.45, 7) is 4.19. The van der Waals surface area contributed by atoms with Crippen molar-refractivity contribution in [3.63, 3.8) is 0 Å². The van der Waals surface area contributed by atoms with Gasteiger partial charge in [0, 0.05) is 20.0 Å². The Balaban J connectivity index is 2.44. The van der Waals surface area contributed by atoms with Gasteiger partial charge in [-0.1, -0.05) is 36.8 Å². The van der Waals surface area contributed by atoms with Crippen molar-refractivity contribution < 1.29 is 14.3 Å². The van der Waals surface area contributed by atoms with E-state index in [4.69, 9.17) is 0 Å². The van der Waals surface area contributed by atoms with Crippen molar-refractivity contribution in [2.75, 3.05) is 20.7 Å². The van der Waals surface area contributed by atoms with E-state index in [-0.39, 0.29) is 17.8 Å². The molecule has 0 aromatic heterocycles. The van der Waals surface area contributed by atoms with E-state index in [1.54, 1.807) is 18.9 Å². The fourth-order valence-electron chi connectivity index (χ4n) is 2.10. The maximum atomic E-state index is 12.0. The molecule has 0 spiro atoms. The molecule has 0 fully saturated rings. The van der Waals surface area contributed by atoms with Gasteiger partial charge < -0.3 is 9.64 Å². The lowest BCUT2D eigenvalue weighted by molar-refractivity contribution is -0.146. The van der Waals surface area contributed by atoms with Crippen molar-refractivity contribution >= 4 is 11.9 Å². The monoisotopic (exact) mass is 277 g/mol. The van der Waals surface area contributed by atoms with Crippen LogP contribution in [0.15, 0.2) is 24.3 Å². The van der Waals surface area contributed by atoms with E-state index in [0.29, 0.717) is 13.0 Å². The van der Waals surface area contributed by atoms with Crippen molar-refractivity contribution in [2.45, 2.75) is 26.7 Å². The SMILES string of the molecule is COC(=O)C(C)CN(C)C(=O)CCc1cccc(C)c1. The summed E-state index contributed by atoms with van der Waals surface area (Å²) in [6.07, 6.45) is 1.17. The number of esters is 1. The van der Waals surface area contributed by atoms with Gasteiger partial charge in [0.1, 0.15) is 0 Å². The second-order valence-corrected chi connectivity index (χ2v) is 5.19. The van der Waals surface area contributed by atoms with Crippen LogP contribution >= 0.6 is 0 Å². The molecule has 0 bridgehead atoms. The Morgan fingerprint density at radius 2 is 2.05 bits per heavy atom. The molecule has 20 heavy (non-hydrogen) atoms. The minimum Gasteiger partial charge on any atom is -0.469 e. The number of rotatable bonds is 6. The zero-order valence-corrected chi connectivity index (χ0v) is 12.7. The molecule has 0 aliphatic carbocycles. The predicted octanol–water partition coefficient (Wildman–Crippen LogP) is 2.20. The number of carbonyl (C=O) groups is 2. The number of benzene rings is 1. The fraction of sp³-hybridized carbons (Fsp3) is 0.500. The molecule has 4 nitrogen and oxygen atoms in total. The van der Waals surface area contributed by atoms with Crippen LogP contribution in [0.3, 0.4) is 0 Å². The molecule has 1 atom stereocenters. The number of aryl methyl sites for hydroxylation is 2. The summed E-state index contributed by atoms with van der Waals surface area (Å²) in [5.41, 5.74) is 2.36. The Morgan fingerprint density at radius 3 is 2.65 bits per heavy atom. The highest BCUT2D eigenvalue weighted by Gasteiger charge is 2.18. The van der Waals surface area contributed by atoms with Gasteiger partial charge in [-0.2, -0.15) is 0 Å². The van der Waals surface area contributed by atoms with E-state index >= 15 is 0 Å². The van der Waals surface area contributed by atoms with E-state index in [0.717, 1.165) is 12.0 Å². The van der Waals surface area contributed by atoms with Crippen LogP contribution in [-0.4, -0.2) is 37.5 Å². The highest BCUT2D eigenvalue weighted by Crippen LogP contribution is 2.08. The Labute approximate surface area is 120 Å². The zero-order valence-electron chi connectivity index (χ0n) is 12.7. The topological polar surface area (TPSA) is 46.6 Å². The minimum atomic E-state index is -0.298. The quantitative estimate of drug-likeness (QED) is 0.749. The van der Waals surface area contributed by atoms with Crippen molar-refractivity contribution in [1.29, 1.82) is 0 Å². The summed E-state index contributed by atoms with van der Waals surface area (Å²) in [5.74, 6) is -0.543. The molecule has 0 heterocycles. The van der Waals surface area contributed by atoms with E-state index in [2.05, 4.69) is 10.8 Å². The van der Waals surface area contributed by atoms with Gasteiger partial charge in [0.25, 0.3) is 0 Å². The lowest BCUT2D eigenvalue weighted by atomic mass is 10.1. The molecule has 0 aliphatic rings. The van der Waals surface area contributed by atoms with Crippen molar-refractivity contribution in [3.8, 4) is 0 Å². The number of hydrogen-bond acceptors (Lipinski definition) is 3. The molecule has 4 heteroatoms. The molecule has 0 radical (unpaired) electrons. The normalized spacial score (nSPS) is 11.8. The molecule has 1 aromatic carbocycles. The van der Waals surface area contributed by atoms with Gasteiger partial charge in [-0.3, -0.25) is 9.59 Å². The molecule has 1 amide bonds. The van der Waals surface area contributed by atoms with Gasteiger partial charge in [-0.15, -0.1) is 0 Å². The number of hydrogen-bond donors (Lipinski definition) is 0. The maximum Gasteiger partial charge on any atom is 0.310 e. The van der Waals surface area contributed by atoms with Gasteiger partial charge >= 0.3 is 5.97 Å². The Hall–Kier alpha value is -1.84. The van der Waals surface area contributed by atoms with Crippen LogP contribution in [0.1, 0.15) is 24.5 Å². The predicted molar refractivity (Wildman–Crippen MR) is 78.3 cm³/mol. The molecular formula is C16H23NO3. The standard InChI is InChI=1S/C16H23NO3/c1-12-6-5-7-14(10-12)8-9-15(18)17(3)11-13(2)16(19)20-4/h5-7,10,13H,8-9,11H2,1-4H3. The summed E-state index contributed by atoms with van der Waals surface area (Å²) in [6, 6.07) is 8.15. The number of nitrogens with zero attached hydrogens (tertiary/aromatic N) is 1. The highest BCUT2D eigenvalue weighted by molar-refractivity contribution is 5.77. The first-order chi connectivity index (χ1) is 9.43. The number of methoxy groups -OCH3 is 1. The third kappa shape index (κ3) is 5.03. The second kappa shape index (κ2) is 7.68. The lowest BCUT2D eigenvalue weighted by Gasteiger charge is -2.20. The van der Waals surface area contributed by atoms with Crippen molar-refractivity contribution in [1.82, 2.24) is 4.90 Å². The average molecular weight is 277 g/mol. The van der Waals surface area contributed by atoms with Gasteiger partial charge in [0.05, 0.1) is 13.0 Å². The Bertz CT molecular complexity index is 471. The summed E-state index contributed by atoms with van der Waals surface area (Å²) in [7, 11) is 3.08. The molecule has 1 unspecified atom stereocenters. The summed E-state index contributed by atoms with van der Waals surface area (Å²) >= 11 is 0. The zero-order chi connectivity index (χ0) is 15.1. The summed E-state index contributed by atoms with van der Waals surface area (Å²) in [5, 5.41) is 0. The minimum absolute atomic E-state index is 0.0438. The average Bonchev–Trinajstić information content (AvgIpc) is 2.43. The van der Waals surface area contributed by atoms with E-state index in [9.17, 15) is 9.59 Å². The van der Waals surface area contributed by atoms with E-state index in [1.807, 2.05) is 25.1 Å². The van der Waals surface area contributed by atoms with Crippen LogP contribution in [0.5, 0.6) is 0 Å². The van der Waals surface area contributed by atoms with Crippen LogP contribution in [0.4, 0.5) is 0 Å². The lowest BCUT2D eigenvalue weighted by Crippen LogP contribution is -2.34. The van der Waals surface area contributed by atoms with Gasteiger partial charge in [0.2, 0.25) is 5.91 Å². The molecule has 0 N–H and O–H groups in total. The van der Waals surface area contributed by atoms with Crippen LogP contribution in [0.25, 0.3) is 0 Å². The van der Waals surface area contributed by atoms with Gasteiger partial charge in [-0.05, 0) is 18.9 Å². The number of amides is 1. The third-order valence-electron chi connectivity index (χ3n) is 3.29. The molecule has 1 rings (SSSR count). The first kappa shape index (κ1) is 16.2. The maximum absolute atomic E-state index is 12.0. The first-order valence-corrected chi connectivity index (χ1v) is 6.81. The van der Waals surface area contributed by atoms with Gasteiger partial charge in [-0.25, -0.2) is 0 Å². The Morgan fingerprint density at radius 1 is 1.35 bits per heavy atom. The van der Waals surface area contributed by atoms with Gasteiger partial charge in [0.15, 0.2) is 0 Å². The van der Waals surface area contributed by atoms with Crippen LogP contribution in [0.2, 0.25) is 0 Å². The molecule has 0 aliphatic heterocycles. The highest BCUT2D eigenvalue weighted by atomic mass is 16.5. The molecule has 0 saturated carbocycles. The smallest absolute Gasteiger partial charge is 0.310 e. The molecule has 1 aromatic rings. The Kier molecular flexibility index (Phi) is 6.22. The molecule has 110 valence electrons. The van der Waals surface area contributed by atoms with Crippen LogP contribution in [0, 0.1) is 12.8 Å². The third-order valence-corrected chi connectivity index (χ3v) is 3.29. The summed E-state index contributed by atoms with van der Waals surface area (Å²) in [4.78, 5) is 24.9. The number of ether oxygens (including phenoxy) is 1. The molecule has 0 saturated heterocycles. The van der Waals surface area contributed by atoms with E-state index < -0.39 is 0 Å². The molecular weight excluding hydrogens is 254 g/mol. The summed E-state index contributed by atoms with van der Waals surface area (Å²) < 4.78 is 4.66. The largest absolute Gasteiger partial charge is 0.469 e. The second-order valence-electron chi connectivity index (χ2n) is 5.19. The number of carbonyl (C=O) groups excluding carboxylic acids is 2. The van der Waals surface area contributed by atoms with Crippen LogP contribution in [-0.2, 0) is 20.7 Å².